The Labute approximate surface area is 173 Å². The third kappa shape index (κ3) is 4.18. The molecule has 156 valence electrons. The fraction of sp³-hybridized carbons (Fsp3) is 0.158. The second kappa shape index (κ2) is 8.37. The van der Waals surface area contributed by atoms with E-state index in [0.717, 1.165) is 12.1 Å². The van der Waals surface area contributed by atoms with E-state index >= 15 is 0 Å². The second-order valence-electron chi connectivity index (χ2n) is 6.13. The molecule has 3 rings (SSSR count). The van der Waals surface area contributed by atoms with Gasteiger partial charge < -0.3 is 19.1 Å². The molecule has 0 spiro atoms. The Hall–Kier alpha value is -3.66. The molecule has 2 aromatic heterocycles. The lowest BCUT2D eigenvalue weighted by atomic mass is 10.2. The van der Waals surface area contributed by atoms with Crippen LogP contribution in [0.4, 0.5) is 4.39 Å². The maximum Gasteiger partial charge on any atom is 0.341 e. The van der Waals surface area contributed by atoms with Crippen LogP contribution in [-0.2, 0) is 11.8 Å². The summed E-state index contributed by atoms with van der Waals surface area (Å²) < 4.78 is 27.1. The summed E-state index contributed by atoms with van der Waals surface area (Å²) in [4.78, 5) is 39.5. The van der Waals surface area contributed by atoms with E-state index in [-0.39, 0.29) is 28.1 Å². The summed E-state index contributed by atoms with van der Waals surface area (Å²) in [5.74, 6) is -2.37. The molecule has 1 N–H and O–H groups in total. The maximum atomic E-state index is 14.6. The maximum absolute atomic E-state index is 14.6. The molecule has 3 aromatic rings. The number of pyridine rings is 1. The highest BCUT2D eigenvalue weighted by Crippen LogP contribution is 2.35. The molecule has 0 aliphatic rings. The molecular formula is C19H15ClFN3O6. The van der Waals surface area contributed by atoms with Crippen LogP contribution in [0.5, 0.6) is 17.4 Å². The van der Waals surface area contributed by atoms with Crippen LogP contribution in [0.25, 0.3) is 5.69 Å². The van der Waals surface area contributed by atoms with Gasteiger partial charge in [-0.15, -0.1) is 0 Å². The smallest absolute Gasteiger partial charge is 0.341 e. The van der Waals surface area contributed by atoms with Gasteiger partial charge in [0, 0.05) is 31.1 Å². The molecule has 0 radical (unpaired) electrons. The summed E-state index contributed by atoms with van der Waals surface area (Å²) >= 11 is 6.06. The number of carboxylic acid groups (broad SMARTS) is 1. The van der Waals surface area contributed by atoms with Crippen LogP contribution in [0.1, 0.15) is 5.69 Å². The monoisotopic (exact) mass is 435 g/mol. The van der Waals surface area contributed by atoms with Crippen LogP contribution in [0.2, 0.25) is 5.02 Å². The molecule has 0 atom stereocenters. The minimum Gasteiger partial charge on any atom is -0.479 e. The van der Waals surface area contributed by atoms with E-state index in [4.69, 9.17) is 26.2 Å². The minimum atomic E-state index is -1.22. The molecule has 0 aliphatic carbocycles. The topological polar surface area (TPSA) is 113 Å². The number of nitrogens with zero attached hydrogens (tertiary/aromatic N) is 3. The first kappa shape index (κ1) is 21.1. The summed E-state index contributed by atoms with van der Waals surface area (Å²) in [5.41, 5.74) is -1.44. The SMILES string of the molecule is Cc1cc(=O)n(-c2cc(Oc3cccnc3OCC(=O)O)c(Cl)cc2F)c(=O)n1C. The molecule has 1 aromatic carbocycles. The van der Waals surface area contributed by atoms with E-state index in [9.17, 15) is 18.8 Å². The Balaban J connectivity index is 2.09. The van der Waals surface area contributed by atoms with Gasteiger partial charge in [0.15, 0.2) is 12.4 Å². The Morgan fingerprint density at radius 1 is 1.27 bits per heavy atom. The van der Waals surface area contributed by atoms with E-state index in [0.29, 0.717) is 10.3 Å². The molecule has 0 bridgehead atoms. The fourth-order valence-corrected chi connectivity index (χ4v) is 2.72. The number of carboxylic acids is 1. The summed E-state index contributed by atoms with van der Waals surface area (Å²) in [7, 11) is 1.44. The second-order valence-corrected chi connectivity index (χ2v) is 6.53. The van der Waals surface area contributed by atoms with Crippen molar-refractivity contribution in [3.8, 4) is 23.1 Å². The summed E-state index contributed by atoms with van der Waals surface area (Å²) in [5, 5.41) is 8.61. The molecule has 0 aliphatic heterocycles. The van der Waals surface area contributed by atoms with Gasteiger partial charge in [-0.1, -0.05) is 11.6 Å². The normalized spacial score (nSPS) is 10.7. The molecule has 11 heteroatoms. The third-order valence-corrected chi connectivity index (χ3v) is 4.39. The van der Waals surface area contributed by atoms with E-state index in [2.05, 4.69) is 4.98 Å². The summed E-state index contributed by atoms with van der Waals surface area (Å²) in [6.07, 6.45) is 1.36. The molecule has 0 fully saturated rings. The third-order valence-electron chi connectivity index (χ3n) is 4.09. The standard InChI is InChI=1S/C19H15ClFN3O6/c1-10-6-16(25)24(19(28)23(10)2)13-8-15(11(20)7-12(13)21)30-14-4-3-5-22-18(14)29-9-17(26)27/h3-8H,9H2,1-2H3,(H,26,27). The van der Waals surface area contributed by atoms with Gasteiger partial charge in [0.05, 0.1) is 10.7 Å². The van der Waals surface area contributed by atoms with Crippen LogP contribution in [0.15, 0.2) is 46.1 Å². The van der Waals surface area contributed by atoms with Gasteiger partial charge in [-0.2, -0.15) is 0 Å². The van der Waals surface area contributed by atoms with Gasteiger partial charge in [0.1, 0.15) is 11.6 Å². The Bertz CT molecular complexity index is 1250. The highest BCUT2D eigenvalue weighted by molar-refractivity contribution is 6.32. The van der Waals surface area contributed by atoms with Gasteiger partial charge in [-0.3, -0.25) is 4.79 Å². The van der Waals surface area contributed by atoms with Crippen molar-refractivity contribution in [2.24, 2.45) is 7.05 Å². The van der Waals surface area contributed by atoms with E-state index in [1.54, 1.807) is 6.92 Å². The van der Waals surface area contributed by atoms with Crippen molar-refractivity contribution in [3.63, 3.8) is 0 Å². The number of rotatable bonds is 6. The molecule has 30 heavy (non-hydrogen) atoms. The zero-order valence-corrected chi connectivity index (χ0v) is 16.5. The predicted molar refractivity (Wildman–Crippen MR) is 104 cm³/mol. The van der Waals surface area contributed by atoms with Crippen molar-refractivity contribution in [2.75, 3.05) is 6.61 Å². The summed E-state index contributed by atoms with van der Waals surface area (Å²) in [6, 6.07) is 6.10. The molecule has 0 amide bonds. The van der Waals surface area contributed by atoms with E-state index < -0.39 is 29.6 Å². The average molecular weight is 436 g/mol. The number of carbonyl (C=O) groups is 1. The lowest BCUT2D eigenvalue weighted by Gasteiger charge is -2.14. The number of benzene rings is 1. The quantitative estimate of drug-likeness (QED) is 0.632. The van der Waals surface area contributed by atoms with Gasteiger partial charge in [0.25, 0.3) is 11.4 Å². The van der Waals surface area contributed by atoms with Crippen LogP contribution in [0.3, 0.4) is 0 Å². The fourth-order valence-electron chi connectivity index (χ4n) is 2.54. The minimum absolute atomic E-state index is 0.00219. The van der Waals surface area contributed by atoms with Crippen molar-refractivity contribution in [3.05, 3.63) is 73.9 Å². The number of hydrogen-bond acceptors (Lipinski definition) is 6. The number of halogens is 2. The highest BCUT2D eigenvalue weighted by atomic mass is 35.5. The molecule has 0 saturated carbocycles. The van der Waals surface area contributed by atoms with Gasteiger partial charge >= 0.3 is 11.7 Å². The molecular weight excluding hydrogens is 421 g/mol. The molecule has 9 nitrogen and oxygen atoms in total. The van der Waals surface area contributed by atoms with Crippen molar-refractivity contribution < 1.29 is 23.8 Å². The first-order valence-corrected chi connectivity index (χ1v) is 8.83. The molecule has 2 heterocycles. The summed E-state index contributed by atoms with van der Waals surface area (Å²) in [6.45, 7) is 0.908. The lowest BCUT2D eigenvalue weighted by Crippen LogP contribution is -2.38. The van der Waals surface area contributed by atoms with Crippen molar-refractivity contribution in [1.29, 1.82) is 0 Å². The predicted octanol–water partition coefficient (Wildman–Crippen LogP) is 2.29. The van der Waals surface area contributed by atoms with Crippen LogP contribution in [-0.4, -0.2) is 31.8 Å². The van der Waals surface area contributed by atoms with Gasteiger partial charge in [-0.25, -0.2) is 23.5 Å². The van der Waals surface area contributed by atoms with Crippen molar-refractivity contribution in [1.82, 2.24) is 14.1 Å². The number of aromatic nitrogens is 3. The van der Waals surface area contributed by atoms with Crippen LogP contribution in [0, 0.1) is 12.7 Å². The Kier molecular flexibility index (Phi) is 5.88. The van der Waals surface area contributed by atoms with Crippen molar-refractivity contribution >= 4 is 17.6 Å². The number of hydrogen-bond donors (Lipinski definition) is 1. The lowest BCUT2D eigenvalue weighted by molar-refractivity contribution is -0.139. The van der Waals surface area contributed by atoms with E-state index in [1.807, 2.05) is 0 Å². The Morgan fingerprint density at radius 3 is 2.70 bits per heavy atom. The van der Waals surface area contributed by atoms with Crippen LogP contribution >= 0.6 is 11.6 Å². The zero-order chi connectivity index (χ0) is 22.0. The number of aliphatic carboxylic acids is 1. The average Bonchev–Trinajstić information content (AvgIpc) is 2.68. The Morgan fingerprint density at radius 2 is 2.00 bits per heavy atom. The first-order valence-electron chi connectivity index (χ1n) is 8.45. The van der Waals surface area contributed by atoms with Gasteiger partial charge in [-0.05, 0) is 25.1 Å². The zero-order valence-electron chi connectivity index (χ0n) is 15.8. The molecule has 0 unspecified atom stereocenters. The van der Waals surface area contributed by atoms with Gasteiger partial charge in [0.2, 0.25) is 0 Å². The largest absolute Gasteiger partial charge is 0.479 e. The van der Waals surface area contributed by atoms with E-state index in [1.165, 1.54) is 36.0 Å². The molecule has 0 saturated heterocycles. The van der Waals surface area contributed by atoms with Crippen LogP contribution < -0.4 is 20.7 Å². The first-order chi connectivity index (χ1) is 14.2. The number of aryl methyl sites for hydroxylation is 1. The highest BCUT2D eigenvalue weighted by Gasteiger charge is 2.18. The number of ether oxygens (including phenoxy) is 2. The van der Waals surface area contributed by atoms with Crippen molar-refractivity contribution in [2.45, 2.75) is 6.92 Å².